The summed E-state index contributed by atoms with van der Waals surface area (Å²) in [7, 11) is 0. The van der Waals surface area contributed by atoms with Gasteiger partial charge in [0.25, 0.3) is 0 Å². The molecule has 88 valence electrons. The van der Waals surface area contributed by atoms with Crippen molar-refractivity contribution >= 4 is 17.0 Å². The molecule has 0 amide bonds. The molecule has 3 aromatic rings. The van der Waals surface area contributed by atoms with E-state index in [1.807, 2.05) is 6.07 Å². The van der Waals surface area contributed by atoms with E-state index in [9.17, 15) is 4.79 Å². The van der Waals surface area contributed by atoms with Crippen LogP contribution in [0.1, 0.15) is 10.4 Å². The molecule has 2 heterocycles. The van der Waals surface area contributed by atoms with Gasteiger partial charge < -0.3 is 4.84 Å². The average Bonchev–Trinajstić information content (AvgIpc) is 2.83. The van der Waals surface area contributed by atoms with Crippen molar-refractivity contribution in [2.75, 3.05) is 0 Å². The topological polar surface area (TPSA) is 69.9 Å². The quantitative estimate of drug-likeness (QED) is 0.627. The largest absolute Gasteiger partial charge is 0.365 e. The molecule has 0 aliphatic carbocycles. The van der Waals surface area contributed by atoms with Crippen molar-refractivity contribution in [3.63, 3.8) is 0 Å². The maximum atomic E-state index is 11.8. The van der Waals surface area contributed by atoms with Crippen LogP contribution in [0.15, 0.2) is 48.8 Å². The van der Waals surface area contributed by atoms with Gasteiger partial charge in [0.05, 0.1) is 11.8 Å². The smallest absolute Gasteiger partial charge is 0.312 e. The van der Waals surface area contributed by atoms with Crippen molar-refractivity contribution in [1.82, 2.24) is 20.1 Å². The minimum absolute atomic E-state index is 0.454. The van der Waals surface area contributed by atoms with Crippen LogP contribution in [0.2, 0.25) is 0 Å². The molecule has 3 rings (SSSR count). The van der Waals surface area contributed by atoms with Gasteiger partial charge in [-0.05, 0) is 23.4 Å². The van der Waals surface area contributed by atoms with E-state index < -0.39 is 5.97 Å². The highest BCUT2D eigenvalue weighted by Gasteiger charge is 2.11. The molecule has 0 aliphatic heterocycles. The van der Waals surface area contributed by atoms with Gasteiger partial charge in [-0.3, -0.25) is 4.98 Å². The van der Waals surface area contributed by atoms with E-state index in [2.05, 4.69) is 15.3 Å². The van der Waals surface area contributed by atoms with E-state index in [1.54, 1.807) is 42.7 Å². The van der Waals surface area contributed by atoms with Crippen molar-refractivity contribution < 1.29 is 9.63 Å². The molecule has 0 saturated heterocycles. The van der Waals surface area contributed by atoms with Crippen molar-refractivity contribution in [2.24, 2.45) is 0 Å². The van der Waals surface area contributed by atoms with Crippen LogP contribution in [0.25, 0.3) is 11.0 Å². The number of carbonyl (C=O) groups excluding carboxylic acids is 1. The number of rotatable bonds is 2. The number of hydrogen-bond donors (Lipinski definition) is 0. The summed E-state index contributed by atoms with van der Waals surface area (Å²) in [5, 5.41) is 7.58. The predicted octanol–water partition coefficient (Wildman–Crippen LogP) is 1.10. The highest BCUT2D eigenvalue weighted by Crippen LogP contribution is 2.07. The SMILES string of the molecule is O=C(On1nnc2cnccc21)c1ccccc1. The molecule has 6 heteroatoms. The fourth-order valence-corrected chi connectivity index (χ4v) is 1.53. The Morgan fingerprint density at radius 2 is 2.00 bits per heavy atom. The van der Waals surface area contributed by atoms with Crippen LogP contribution < -0.4 is 4.84 Å². The predicted molar refractivity (Wildman–Crippen MR) is 62.7 cm³/mol. The number of aromatic nitrogens is 4. The summed E-state index contributed by atoms with van der Waals surface area (Å²) < 4.78 is 0. The Kier molecular flexibility index (Phi) is 2.45. The molecule has 0 spiro atoms. The Morgan fingerprint density at radius 1 is 1.17 bits per heavy atom. The molecule has 0 saturated carbocycles. The monoisotopic (exact) mass is 240 g/mol. The fraction of sp³-hybridized carbons (Fsp3) is 0. The highest BCUT2D eigenvalue weighted by molar-refractivity contribution is 5.89. The zero-order chi connectivity index (χ0) is 12.4. The molecule has 2 aromatic heterocycles. The lowest BCUT2D eigenvalue weighted by molar-refractivity contribution is 0.0409. The third-order valence-corrected chi connectivity index (χ3v) is 2.40. The van der Waals surface area contributed by atoms with Crippen LogP contribution in [0, 0.1) is 0 Å². The second-order valence-electron chi connectivity index (χ2n) is 3.57. The molecular weight excluding hydrogens is 232 g/mol. The molecule has 0 unspecified atom stereocenters. The minimum Gasteiger partial charge on any atom is -0.312 e. The normalized spacial score (nSPS) is 10.4. The van der Waals surface area contributed by atoms with Gasteiger partial charge in [0, 0.05) is 6.20 Å². The number of fused-ring (bicyclic) bond motifs is 1. The van der Waals surface area contributed by atoms with Gasteiger partial charge in [0.15, 0.2) is 0 Å². The van der Waals surface area contributed by atoms with Crippen LogP contribution in [0.4, 0.5) is 0 Å². The van der Waals surface area contributed by atoms with Gasteiger partial charge in [0.2, 0.25) is 0 Å². The number of carbonyl (C=O) groups is 1. The molecule has 0 bridgehead atoms. The summed E-state index contributed by atoms with van der Waals surface area (Å²) in [4.78, 5) is 22.0. The van der Waals surface area contributed by atoms with Crippen molar-refractivity contribution in [1.29, 1.82) is 0 Å². The maximum Gasteiger partial charge on any atom is 0.365 e. The summed E-state index contributed by atoms with van der Waals surface area (Å²) in [6.45, 7) is 0. The third-order valence-electron chi connectivity index (χ3n) is 2.40. The Balaban J connectivity index is 1.91. The number of pyridine rings is 1. The van der Waals surface area contributed by atoms with Gasteiger partial charge in [0.1, 0.15) is 11.0 Å². The number of hydrogen-bond acceptors (Lipinski definition) is 5. The summed E-state index contributed by atoms with van der Waals surface area (Å²) in [5.41, 5.74) is 1.61. The molecule has 0 radical (unpaired) electrons. The second kappa shape index (κ2) is 4.25. The molecule has 0 aliphatic rings. The summed E-state index contributed by atoms with van der Waals surface area (Å²) in [6.07, 6.45) is 3.13. The van der Waals surface area contributed by atoms with Crippen LogP contribution in [0.3, 0.4) is 0 Å². The molecule has 1 aromatic carbocycles. The zero-order valence-electron chi connectivity index (χ0n) is 9.22. The first-order chi connectivity index (χ1) is 8.84. The van der Waals surface area contributed by atoms with Crippen LogP contribution in [-0.2, 0) is 0 Å². The van der Waals surface area contributed by atoms with E-state index in [-0.39, 0.29) is 0 Å². The van der Waals surface area contributed by atoms with Crippen LogP contribution >= 0.6 is 0 Å². The van der Waals surface area contributed by atoms with Gasteiger partial charge in [-0.15, -0.1) is 5.10 Å². The Bertz CT molecular complexity index is 693. The Labute approximate surface area is 102 Å². The molecule has 18 heavy (non-hydrogen) atoms. The first-order valence-corrected chi connectivity index (χ1v) is 5.28. The van der Waals surface area contributed by atoms with Gasteiger partial charge in [-0.2, -0.15) is 0 Å². The van der Waals surface area contributed by atoms with E-state index in [4.69, 9.17) is 4.84 Å². The van der Waals surface area contributed by atoms with Crippen LogP contribution in [-0.4, -0.2) is 26.1 Å². The lowest BCUT2D eigenvalue weighted by atomic mass is 10.2. The standard InChI is InChI=1S/C12H8N4O2/c17-12(9-4-2-1-3-5-9)18-16-11-6-7-13-8-10(11)14-15-16/h1-8H. The van der Waals surface area contributed by atoms with Crippen molar-refractivity contribution in [2.45, 2.75) is 0 Å². The van der Waals surface area contributed by atoms with E-state index in [0.29, 0.717) is 16.6 Å². The van der Waals surface area contributed by atoms with Crippen molar-refractivity contribution in [3.05, 3.63) is 54.4 Å². The lowest BCUT2D eigenvalue weighted by Gasteiger charge is -2.02. The molecular formula is C12H8N4O2. The first-order valence-electron chi connectivity index (χ1n) is 5.28. The summed E-state index contributed by atoms with van der Waals surface area (Å²) >= 11 is 0. The van der Waals surface area contributed by atoms with Crippen LogP contribution in [0.5, 0.6) is 0 Å². The Morgan fingerprint density at radius 3 is 2.83 bits per heavy atom. The summed E-state index contributed by atoms with van der Waals surface area (Å²) in [6, 6.07) is 10.4. The van der Waals surface area contributed by atoms with E-state index >= 15 is 0 Å². The third kappa shape index (κ3) is 1.80. The minimum atomic E-state index is -0.487. The number of benzene rings is 1. The van der Waals surface area contributed by atoms with Crippen molar-refractivity contribution in [3.8, 4) is 0 Å². The maximum absolute atomic E-state index is 11.8. The average molecular weight is 240 g/mol. The highest BCUT2D eigenvalue weighted by atomic mass is 16.7. The van der Waals surface area contributed by atoms with E-state index in [1.165, 1.54) is 0 Å². The second-order valence-corrected chi connectivity index (χ2v) is 3.57. The van der Waals surface area contributed by atoms with Gasteiger partial charge in [-0.1, -0.05) is 23.0 Å². The van der Waals surface area contributed by atoms with Gasteiger partial charge >= 0.3 is 5.97 Å². The Hall–Kier alpha value is -2.76. The summed E-state index contributed by atoms with van der Waals surface area (Å²) in [5.74, 6) is -0.487. The molecule has 0 N–H and O–H groups in total. The first kappa shape index (κ1) is 10.4. The number of nitrogens with zero attached hydrogens (tertiary/aromatic N) is 4. The zero-order valence-corrected chi connectivity index (χ0v) is 9.22. The molecule has 6 nitrogen and oxygen atoms in total. The lowest BCUT2D eigenvalue weighted by Crippen LogP contribution is -2.20. The fourth-order valence-electron chi connectivity index (χ4n) is 1.53. The molecule has 0 fully saturated rings. The van der Waals surface area contributed by atoms with E-state index in [0.717, 1.165) is 4.85 Å². The molecule has 0 atom stereocenters. The van der Waals surface area contributed by atoms with Gasteiger partial charge in [-0.25, -0.2) is 4.79 Å².